The van der Waals surface area contributed by atoms with Crippen molar-refractivity contribution < 1.29 is 9.32 Å². The second-order valence-corrected chi connectivity index (χ2v) is 6.41. The molecule has 2 heterocycles. The fraction of sp³-hybridized carbons (Fsp3) is 0.765. The van der Waals surface area contributed by atoms with Crippen molar-refractivity contribution in [2.24, 2.45) is 10.9 Å². The van der Waals surface area contributed by atoms with Gasteiger partial charge >= 0.3 is 0 Å². The first-order valence-electron chi connectivity index (χ1n) is 9.12. The van der Waals surface area contributed by atoms with Gasteiger partial charge in [-0.15, -0.1) is 24.0 Å². The number of carbonyl (C=O) groups excluding carboxylic acids is 1. The average molecular weight is 478 g/mol. The van der Waals surface area contributed by atoms with E-state index in [9.17, 15) is 4.79 Å². The molecule has 0 unspecified atom stereocenters. The molecule has 1 aromatic rings. The molecule has 1 amide bonds. The Hall–Kier alpha value is -1.39. The lowest BCUT2D eigenvalue weighted by atomic mass is 9.98. The van der Waals surface area contributed by atoms with Gasteiger partial charge in [-0.2, -0.15) is 4.98 Å². The lowest BCUT2D eigenvalue weighted by Crippen LogP contribution is -2.50. The number of nitrogens with zero attached hydrogens (tertiary/aromatic N) is 4. The van der Waals surface area contributed by atoms with Gasteiger partial charge in [0.25, 0.3) is 0 Å². The van der Waals surface area contributed by atoms with E-state index in [0.717, 1.165) is 38.8 Å². The number of hydrogen-bond acceptors (Lipinski definition) is 5. The van der Waals surface area contributed by atoms with Crippen LogP contribution >= 0.6 is 24.0 Å². The summed E-state index contributed by atoms with van der Waals surface area (Å²) in [6, 6.07) is 0.309. The molecule has 9 heteroatoms. The number of nitrogens with one attached hydrogen (secondary N) is 2. The zero-order chi connectivity index (χ0) is 18.2. The zero-order valence-electron chi connectivity index (χ0n) is 16.1. The molecule has 1 aliphatic heterocycles. The van der Waals surface area contributed by atoms with Crippen LogP contribution in [-0.2, 0) is 11.3 Å². The maximum Gasteiger partial charge on any atom is 0.225 e. The minimum Gasteiger partial charge on any atom is -0.354 e. The lowest BCUT2D eigenvalue weighted by Gasteiger charge is -2.34. The number of rotatable bonds is 6. The van der Waals surface area contributed by atoms with E-state index >= 15 is 0 Å². The number of carbonyl (C=O) groups is 1. The van der Waals surface area contributed by atoms with E-state index in [4.69, 9.17) is 4.52 Å². The van der Waals surface area contributed by atoms with E-state index in [-0.39, 0.29) is 29.9 Å². The second-order valence-electron chi connectivity index (χ2n) is 6.41. The molecular weight excluding hydrogens is 447 g/mol. The van der Waals surface area contributed by atoms with Crippen molar-refractivity contribution in [1.82, 2.24) is 25.7 Å². The van der Waals surface area contributed by atoms with Gasteiger partial charge in [-0.25, -0.2) is 0 Å². The zero-order valence-corrected chi connectivity index (χ0v) is 18.4. The van der Waals surface area contributed by atoms with Crippen LogP contribution in [0.25, 0.3) is 0 Å². The highest BCUT2D eigenvalue weighted by molar-refractivity contribution is 14.0. The van der Waals surface area contributed by atoms with Crippen LogP contribution in [0.3, 0.4) is 0 Å². The highest BCUT2D eigenvalue weighted by Gasteiger charge is 2.26. The number of aromatic nitrogens is 2. The standard InChI is InChI=1S/C17H30N6O2.HI/c1-5-13(6-2)16(24)23-9-7-14(8-10-23)21-17(18-4)19-11-15-20-12(3)25-22-15;/h13-14H,5-11H2,1-4H3,(H2,18,19,21);1H. The molecule has 0 spiro atoms. The normalized spacial score (nSPS) is 15.7. The van der Waals surface area contributed by atoms with Crippen molar-refractivity contribution in [3.8, 4) is 0 Å². The summed E-state index contributed by atoms with van der Waals surface area (Å²) < 4.78 is 4.95. The second kappa shape index (κ2) is 11.3. The van der Waals surface area contributed by atoms with Crippen LogP contribution in [-0.4, -0.2) is 53.1 Å². The topological polar surface area (TPSA) is 95.7 Å². The van der Waals surface area contributed by atoms with Crippen molar-refractivity contribution in [3.05, 3.63) is 11.7 Å². The highest BCUT2D eigenvalue weighted by Crippen LogP contribution is 2.17. The van der Waals surface area contributed by atoms with Gasteiger partial charge in [-0.1, -0.05) is 19.0 Å². The Morgan fingerprint density at radius 1 is 1.35 bits per heavy atom. The Balaban J connectivity index is 0.00000338. The molecule has 0 aliphatic carbocycles. The van der Waals surface area contributed by atoms with Crippen molar-refractivity contribution in [1.29, 1.82) is 0 Å². The Morgan fingerprint density at radius 3 is 2.50 bits per heavy atom. The van der Waals surface area contributed by atoms with Crippen LogP contribution in [0, 0.1) is 12.8 Å². The number of aryl methyl sites for hydroxylation is 1. The summed E-state index contributed by atoms with van der Waals surface area (Å²) in [6.07, 6.45) is 3.68. The van der Waals surface area contributed by atoms with E-state index < -0.39 is 0 Å². The van der Waals surface area contributed by atoms with Crippen LogP contribution in [0.4, 0.5) is 0 Å². The summed E-state index contributed by atoms with van der Waals surface area (Å²) >= 11 is 0. The van der Waals surface area contributed by atoms with E-state index in [1.807, 2.05) is 4.90 Å². The summed E-state index contributed by atoms with van der Waals surface area (Å²) in [6.45, 7) is 7.99. The minimum absolute atomic E-state index is 0. The van der Waals surface area contributed by atoms with Crippen LogP contribution in [0.5, 0.6) is 0 Å². The molecule has 1 aromatic heterocycles. The van der Waals surface area contributed by atoms with Crippen molar-refractivity contribution in [3.63, 3.8) is 0 Å². The van der Waals surface area contributed by atoms with Gasteiger partial charge in [0.05, 0.1) is 6.54 Å². The molecular formula is C17H31IN6O2. The lowest BCUT2D eigenvalue weighted by molar-refractivity contribution is -0.136. The van der Waals surface area contributed by atoms with Crippen molar-refractivity contribution in [2.75, 3.05) is 20.1 Å². The molecule has 1 saturated heterocycles. The summed E-state index contributed by atoms with van der Waals surface area (Å²) in [5.41, 5.74) is 0. The predicted octanol–water partition coefficient (Wildman–Crippen LogP) is 2.09. The third-order valence-corrected chi connectivity index (χ3v) is 4.69. The third-order valence-electron chi connectivity index (χ3n) is 4.69. The maximum atomic E-state index is 12.5. The van der Waals surface area contributed by atoms with Gasteiger partial charge in [0, 0.05) is 39.0 Å². The van der Waals surface area contributed by atoms with Gasteiger partial charge in [-0.05, 0) is 25.7 Å². The predicted molar refractivity (Wildman–Crippen MR) is 111 cm³/mol. The van der Waals surface area contributed by atoms with Gasteiger partial charge in [0.2, 0.25) is 11.8 Å². The number of likely N-dealkylation sites (tertiary alicyclic amines) is 1. The van der Waals surface area contributed by atoms with Crippen molar-refractivity contribution in [2.45, 2.75) is 59.0 Å². The number of hydrogen-bond donors (Lipinski definition) is 2. The Bertz CT molecular complexity index is 580. The van der Waals surface area contributed by atoms with E-state index in [1.54, 1.807) is 14.0 Å². The average Bonchev–Trinajstić information content (AvgIpc) is 3.05. The molecule has 1 fully saturated rings. The largest absolute Gasteiger partial charge is 0.354 e. The number of guanidine groups is 1. The molecule has 148 valence electrons. The Labute approximate surface area is 172 Å². The molecule has 26 heavy (non-hydrogen) atoms. The molecule has 2 rings (SSSR count). The summed E-state index contributed by atoms with van der Waals surface area (Å²) in [5.74, 6) is 2.34. The van der Waals surface area contributed by atoms with Gasteiger partial charge < -0.3 is 20.1 Å². The molecule has 0 saturated carbocycles. The first-order chi connectivity index (χ1) is 12.1. The monoisotopic (exact) mass is 478 g/mol. The van der Waals surface area contributed by atoms with Crippen LogP contribution < -0.4 is 10.6 Å². The summed E-state index contributed by atoms with van der Waals surface area (Å²) in [4.78, 5) is 22.9. The first kappa shape index (κ1) is 22.7. The highest BCUT2D eigenvalue weighted by atomic mass is 127. The molecule has 0 radical (unpaired) electrons. The number of amides is 1. The van der Waals surface area contributed by atoms with Crippen LogP contribution in [0.2, 0.25) is 0 Å². The summed E-state index contributed by atoms with van der Waals surface area (Å²) in [5, 5.41) is 10.5. The van der Waals surface area contributed by atoms with E-state index in [2.05, 4.69) is 39.6 Å². The number of aliphatic imine (C=N–C) groups is 1. The van der Waals surface area contributed by atoms with E-state index in [0.29, 0.717) is 36.2 Å². The molecule has 0 aromatic carbocycles. The molecule has 8 nitrogen and oxygen atoms in total. The number of piperidine rings is 1. The first-order valence-corrected chi connectivity index (χ1v) is 9.12. The SMILES string of the molecule is CCC(CC)C(=O)N1CCC(NC(=NC)NCc2noc(C)n2)CC1.I. The van der Waals surface area contributed by atoms with Crippen LogP contribution in [0.1, 0.15) is 51.2 Å². The smallest absolute Gasteiger partial charge is 0.225 e. The third kappa shape index (κ3) is 6.40. The van der Waals surface area contributed by atoms with Crippen LogP contribution in [0.15, 0.2) is 9.52 Å². The van der Waals surface area contributed by atoms with E-state index in [1.165, 1.54) is 0 Å². The Morgan fingerprint density at radius 2 is 2.00 bits per heavy atom. The summed E-state index contributed by atoms with van der Waals surface area (Å²) in [7, 11) is 1.74. The minimum atomic E-state index is 0. The van der Waals surface area contributed by atoms with Gasteiger partial charge in [0.15, 0.2) is 11.8 Å². The molecule has 1 aliphatic rings. The van der Waals surface area contributed by atoms with Gasteiger partial charge in [0.1, 0.15) is 0 Å². The quantitative estimate of drug-likeness (QED) is 0.370. The number of halogens is 1. The maximum absolute atomic E-state index is 12.5. The van der Waals surface area contributed by atoms with Gasteiger partial charge in [-0.3, -0.25) is 9.79 Å². The molecule has 2 N–H and O–H groups in total. The fourth-order valence-electron chi connectivity index (χ4n) is 3.10. The van der Waals surface area contributed by atoms with Crippen molar-refractivity contribution >= 4 is 35.8 Å². The molecule has 0 atom stereocenters. The Kier molecular flexibility index (Phi) is 9.89. The fourth-order valence-corrected chi connectivity index (χ4v) is 3.10. The molecule has 0 bridgehead atoms.